The lowest BCUT2D eigenvalue weighted by Crippen LogP contribution is -2.31. The van der Waals surface area contributed by atoms with Crippen LogP contribution in [0, 0.1) is 13.8 Å². The zero-order valence-electron chi connectivity index (χ0n) is 16.4. The van der Waals surface area contributed by atoms with Crippen molar-refractivity contribution in [3.8, 4) is 17.2 Å². The molecule has 2 aromatic carbocycles. The SMILES string of the molecule is CCOc1cc2c(cc1OCC)C(c1ccc(OC)c(C)c1C)NCC2. The van der Waals surface area contributed by atoms with Gasteiger partial charge in [-0.3, -0.25) is 0 Å². The van der Waals surface area contributed by atoms with E-state index in [0.29, 0.717) is 13.2 Å². The normalized spacial score (nSPS) is 16.1. The predicted octanol–water partition coefficient (Wildman–Crippen LogP) is 4.34. The van der Waals surface area contributed by atoms with Crippen LogP contribution in [0.25, 0.3) is 0 Å². The number of hydrogen-bond donors (Lipinski definition) is 1. The van der Waals surface area contributed by atoms with Crippen LogP contribution >= 0.6 is 0 Å². The number of hydrogen-bond acceptors (Lipinski definition) is 4. The molecule has 0 bridgehead atoms. The highest BCUT2D eigenvalue weighted by Crippen LogP contribution is 2.39. The smallest absolute Gasteiger partial charge is 0.161 e. The molecule has 1 aliphatic heterocycles. The Morgan fingerprint density at radius 1 is 0.923 bits per heavy atom. The Hall–Kier alpha value is -2.20. The molecule has 4 nitrogen and oxygen atoms in total. The van der Waals surface area contributed by atoms with Crippen LogP contribution < -0.4 is 19.5 Å². The molecular weight excluding hydrogens is 326 g/mol. The molecule has 0 amide bonds. The molecule has 0 saturated heterocycles. The molecular formula is C22H29NO3. The number of nitrogens with one attached hydrogen (secondary N) is 1. The van der Waals surface area contributed by atoms with Gasteiger partial charge in [0.05, 0.1) is 26.4 Å². The monoisotopic (exact) mass is 355 g/mol. The molecule has 4 heteroatoms. The maximum Gasteiger partial charge on any atom is 0.161 e. The van der Waals surface area contributed by atoms with Gasteiger partial charge in [0, 0.05) is 6.54 Å². The lowest BCUT2D eigenvalue weighted by atomic mass is 9.86. The minimum atomic E-state index is 0.151. The molecule has 1 unspecified atom stereocenters. The summed E-state index contributed by atoms with van der Waals surface area (Å²) in [6.45, 7) is 10.5. The second kappa shape index (κ2) is 8.00. The van der Waals surface area contributed by atoms with E-state index < -0.39 is 0 Å². The van der Waals surface area contributed by atoms with Crippen LogP contribution in [0.3, 0.4) is 0 Å². The Balaban J connectivity index is 2.08. The zero-order valence-corrected chi connectivity index (χ0v) is 16.4. The third kappa shape index (κ3) is 3.38. The average molecular weight is 355 g/mol. The van der Waals surface area contributed by atoms with Gasteiger partial charge in [0.2, 0.25) is 0 Å². The lowest BCUT2D eigenvalue weighted by Gasteiger charge is -2.30. The molecule has 140 valence electrons. The molecule has 1 aliphatic rings. The average Bonchev–Trinajstić information content (AvgIpc) is 2.64. The first-order valence-electron chi connectivity index (χ1n) is 9.40. The molecule has 0 aliphatic carbocycles. The summed E-state index contributed by atoms with van der Waals surface area (Å²) in [7, 11) is 1.72. The summed E-state index contributed by atoms with van der Waals surface area (Å²) < 4.78 is 17.1. The van der Waals surface area contributed by atoms with E-state index in [4.69, 9.17) is 14.2 Å². The van der Waals surface area contributed by atoms with E-state index in [-0.39, 0.29) is 6.04 Å². The first-order chi connectivity index (χ1) is 12.6. The second-order valence-corrected chi connectivity index (χ2v) is 6.61. The van der Waals surface area contributed by atoms with Crippen molar-refractivity contribution in [2.75, 3.05) is 26.9 Å². The number of methoxy groups -OCH3 is 1. The second-order valence-electron chi connectivity index (χ2n) is 6.61. The Morgan fingerprint density at radius 3 is 2.27 bits per heavy atom. The maximum absolute atomic E-state index is 5.86. The van der Waals surface area contributed by atoms with Gasteiger partial charge in [0.15, 0.2) is 11.5 Å². The molecule has 26 heavy (non-hydrogen) atoms. The summed E-state index contributed by atoms with van der Waals surface area (Å²) >= 11 is 0. The number of fused-ring (bicyclic) bond motifs is 1. The van der Waals surface area contributed by atoms with Crippen LogP contribution in [0.5, 0.6) is 17.2 Å². The van der Waals surface area contributed by atoms with Crippen molar-refractivity contribution in [1.29, 1.82) is 0 Å². The van der Waals surface area contributed by atoms with Gasteiger partial charge in [-0.1, -0.05) is 6.07 Å². The highest BCUT2D eigenvalue weighted by Gasteiger charge is 2.26. The summed E-state index contributed by atoms with van der Waals surface area (Å²) in [6.07, 6.45) is 0.993. The van der Waals surface area contributed by atoms with Crippen molar-refractivity contribution >= 4 is 0 Å². The summed E-state index contributed by atoms with van der Waals surface area (Å²) in [5.74, 6) is 2.60. The minimum absolute atomic E-state index is 0.151. The quantitative estimate of drug-likeness (QED) is 0.836. The molecule has 0 aromatic heterocycles. The summed E-state index contributed by atoms with van der Waals surface area (Å²) in [5.41, 5.74) is 6.34. The van der Waals surface area contributed by atoms with Crippen LogP contribution in [-0.4, -0.2) is 26.9 Å². The summed E-state index contributed by atoms with van der Waals surface area (Å²) in [6, 6.07) is 8.69. The van der Waals surface area contributed by atoms with E-state index in [0.717, 1.165) is 30.2 Å². The van der Waals surface area contributed by atoms with Gasteiger partial charge in [-0.2, -0.15) is 0 Å². The number of benzene rings is 2. The first kappa shape index (κ1) is 18.6. The predicted molar refractivity (Wildman–Crippen MR) is 105 cm³/mol. The molecule has 1 atom stereocenters. The van der Waals surface area contributed by atoms with Crippen molar-refractivity contribution in [3.05, 3.63) is 52.1 Å². The van der Waals surface area contributed by atoms with E-state index in [1.54, 1.807) is 7.11 Å². The van der Waals surface area contributed by atoms with Gasteiger partial charge in [-0.05, 0) is 80.1 Å². The highest BCUT2D eigenvalue weighted by molar-refractivity contribution is 5.54. The molecule has 0 spiro atoms. The van der Waals surface area contributed by atoms with Crippen molar-refractivity contribution in [2.24, 2.45) is 0 Å². The first-order valence-corrected chi connectivity index (χ1v) is 9.40. The van der Waals surface area contributed by atoms with Gasteiger partial charge in [-0.25, -0.2) is 0 Å². The number of rotatable bonds is 6. The van der Waals surface area contributed by atoms with E-state index in [9.17, 15) is 0 Å². The van der Waals surface area contributed by atoms with Crippen LogP contribution in [0.15, 0.2) is 24.3 Å². The van der Waals surface area contributed by atoms with Gasteiger partial charge in [-0.15, -0.1) is 0 Å². The van der Waals surface area contributed by atoms with Gasteiger partial charge < -0.3 is 19.5 Å². The van der Waals surface area contributed by atoms with E-state index in [2.05, 4.69) is 43.4 Å². The van der Waals surface area contributed by atoms with E-state index in [1.165, 1.54) is 27.8 Å². The lowest BCUT2D eigenvalue weighted by molar-refractivity contribution is 0.286. The standard InChI is InChI=1S/C22H29NO3/c1-6-25-20-12-16-10-11-23-22(18(16)13-21(20)26-7-2)17-8-9-19(24-5)15(4)14(17)3/h8-9,12-13,22-23H,6-7,10-11H2,1-5H3. The van der Waals surface area contributed by atoms with E-state index >= 15 is 0 Å². The Morgan fingerprint density at radius 2 is 1.62 bits per heavy atom. The van der Waals surface area contributed by atoms with Crippen molar-refractivity contribution < 1.29 is 14.2 Å². The van der Waals surface area contributed by atoms with Crippen LogP contribution in [0.1, 0.15) is 47.7 Å². The fraction of sp³-hybridized carbons (Fsp3) is 0.455. The molecule has 0 radical (unpaired) electrons. The van der Waals surface area contributed by atoms with Crippen molar-refractivity contribution in [2.45, 2.75) is 40.2 Å². The van der Waals surface area contributed by atoms with Crippen LogP contribution in [0.4, 0.5) is 0 Å². The topological polar surface area (TPSA) is 39.7 Å². The Bertz CT molecular complexity index is 785. The fourth-order valence-corrected chi connectivity index (χ4v) is 3.73. The van der Waals surface area contributed by atoms with Crippen LogP contribution in [-0.2, 0) is 6.42 Å². The minimum Gasteiger partial charge on any atom is -0.496 e. The largest absolute Gasteiger partial charge is 0.496 e. The van der Waals surface area contributed by atoms with Gasteiger partial charge >= 0.3 is 0 Å². The Labute approximate surface area is 156 Å². The van der Waals surface area contributed by atoms with Crippen molar-refractivity contribution in [1.82, 2.24) is 5.32 Å². The fourth-order valence-electron chi connectivity index (χ4n) is 3.73. The maximum atomic E-state index is 5.86. The van der Waals surface area contributed by atoms with Gasteiger partial charge in [0.1, 0.15) is 5.75 Å². The Kier molecular flexibility index (Phi) is 5.72. The van der Waals surface area contributed by atoms with E-state index in [1.807, 2.05) is 13.8 Å². The summed E-state index contributed by atoms with van der Waals surface area (Å²) in [4.78, 5) is 0. The molecule has 0 fully saturated rings. The molecule has 0 saturated carbocycles. The zero-order chi connectivity index (χ0) is 18.7. The van der Waals surface area contributed by atoms with Crippen LogP contribution in [0.2, 0.25) is 0 Å². The van der Waals surface area contributed by atoms with Crippen molar-refractivity contribution in [3.63, 3.8) is 0 Å². The molecule has 3 rings (SSSR count). The highest BCUT2D eigenvalue weighted by atomic mass is 16.5. The molecule has 1 heterocycles. The molecule has 1 N–H and O–H groups in total. The number of ether oxygens (including phenoxy) is 3. The molecule has 2 aromatic rings. The summed E-state index contributed by atoms with van der Waals surface area (Å²) in [5, 5.41) is 3.68. The third-order valence-corrected chi connectivity index (χ3v) is 5.17. The third-order valence-electron chi connectivity index (χ3n) is 5.17. The van der Waals surface area contributed by atoms with Gasteiger partial charge in [0.25, 0.3) is 0 Å².